The SMILES string of the molecule is CO[C@]1(COc2ccccc2F)CCCN(Cc2ccc(OCCn3ccnc3C(C)C)cc2)CC1. The van der Waals surface area contributed by atoms with Gasteiger partial charge in [0.05, 0.1) is 6.54 Å². The number of imidazole rings is 1. The summed E-state index contributed by atoms with van der Waals surface area (Å²) < 4.78 is 33.9. The van der Waals surface area contributed by atoms with Gasteiger partial charge in [0.2, 0.25) is 0 Å². The van der Waals surface area contributed by atoms with Crippen molar-refractivity contribution < 1.29 is 18.6 Å². The van der Waals surface area contributed by atoms with Crippen molar-refractivity contribution in [2.24, 2.45) is 0 Å². The minimum absolute atomic E-state index is 0.280. The number of aromatic nitrogens is 2. The zero-order valence-electron chi connectivity index (χ0n) is 21.7. The first-order valence-electron chi connectivity index (χ1n) is 12.9. The van der Waals surface area contributed by atoms with Crippen LogP contribution in [0.2, 0.25) is 0 Å². The predicted molar refractivity (Wildman–Crippen MR) is 139 cm³/mol. The van der Waals surface area contributed by atoms with E-state index < -0.39 is 5.60 Å². The summed E-state index contributed by atoms with van der Waals surface area (Å²) in [4.78, 5) is 6.88. The Labute approximate surface area is 214 Å². The average molecular weight is 496 g/mol. The van der Waals surface area contributed by atoms with Crippen molar-refractivity contribution in [1.29, 1.82) is 0 Å². The number of hydrogen-bond acceptors (Lipinski definition) is 5. The van der Waals surface area contributed by atoms with Crippen molar-refractivity contribution in [3.8, 4) is 11.5 Å². The molecule has 1 aliphatic heterocycles. The largest absolute Gasteiger partial charge is 0.492 e. The molecule has 1 aliphatic rings. The molecule has 0 aliphatic carbocycles. The lowest BCUT2D eigenvalue weighted by Gasteiger charge is -2.31. The number of hydrogen-bond donors (Lipinski definition) is 0. The number of halogens is 1. The molecule has 2 aromatic carbocycles. The summed E-state index contributed by atoms with van der Waals surface area (Å²) in [5.74, 6) is 2.30. The highest BCUT2D eigenvalue weighted by Gasteiger charge is 2.34. The average Bonchev–Trinajstić information content (AvgIpc) is 3.27. The Morgan fingerprint density at radius 2 is 1.83 bits per heavy atom. The van der Waals surface area contributed by atoms with E-state index in [2.05, 4.69) is 40.4 Å². The third-order valence-corrected chi connectivity index (χ3v) is 6.95. The van der Waals surface area contributed by atoms with E-state index in [0.29, 0.717) is 19.1 Å². The van der Waals surface area contributed by atoms with E-state index in [9.17, 15) is 4.39 Å². The number of methoxy groups -OCH3 is 1. The van der Waals surface area contributed by atoms with E-state index in [1.54, 1.807) is 25.3 Å². The molecule has 7 heteroatoms. The van der Waals surface area contributed by atoms with Crippen LogP contribution in [0.3, 0.4) is 0 Å². The number of para-hydroxylation sites is 1. The molecule has 1 fully saturated rings. The zero-order valence-corrected chi connectivity index (χ0v) is 21.7. The molecule has 36 heavy (non-hydrogen) atoms. The molecular formula is C29H38FN3O3. The van der Waals surface area contributed by atoms with Crippen LogP contribution >= 0.6 is 0 Å². The quantitative estimate of drug-likeness (QED) is 0.343. The van der Waals surface area contributed by atoms with Crippen LogP contribution in [0.5, 0.6) is 11.5 Å². The predicted octanol–water partition coefficient (Wildman–Crippen LogP) is 5.67. The number of rotatable bonds is 11. The van der Waals surface area contributed by atoms with Gasteiger partial charge in [0.25, 0.3) is 0 Å². The summed E-state index contributed by atoms with van der Waals surface area (Å²) in [6, 6.07) is 14.9. The van der Waals surface area contributed by atoms with E-state index in [4.69, 9.17) is 14.2 Å². The van der Waals surface area contributed by atoms with E-state index in [0.717, 1.165) is 57.0 Å². The van der Waals surface area contributed by atoms with Gasteiger partial charge in [-0.05, 0) is 55.6 Å². The molecule has 194 valence electrons. The maximum Gasteiger partial charge on any atom is 0.165 e. The minimum atomic E-state index is -0.403. The zero-order chi connectivity index (χ0) is 25.4. The van der Waals surface area contributed by atoms with E-state index in [1.807, 2.05) is 24.5 Å². The van der Waals surface area contributed by atoms with Gasteiger partial charge in [-0.1, -0.05) is 38.1 Å². The fourth-order valence-corrected chi connectivity index (χ4v) is 4.78. The Morgan fingerprint density at radius 3 is 2.58 bits per heavy atom. The summed E-state index contributed by atoms with van der Waals surface area (Å²) in [5.41, 5.74) is 0.853. The molecule has 0 amide bonds. The van der Waals surface area contributed by atoms with Gasteiger partial charge in [0.1, 0.15) is 30.4 Å². The number of nitrogens with zero attached hydrogens (tertiary/aromatic N) is 3. The minimum Gasteiger partial charge on any atom is -0.492 e. The van der Waals surface area contributed by atoms with Crippen molar-refractivity contribution in [1.82, 2.24) is 14.5 Å². The van der Waals surface area contributed by atoms with Gasteiger partial charge in [-0.2, -0.15) is 0 Å². The van der Waals surface area contributed by atoms with Gasteiger partial charge < -0.3 is 18.8 Å². The summed E-state index contributed by atoms with van der Waals surface area (Å²) in [7, 11) is 1.73. The van der Waals surface area contributed by atoms with E-state index in [1.165, 1.54) is 11.6 Å². The van der Waals surface area contributed by atoms with Crippen LogP contribution in [0, 0.1) is 5.82 Å². The number of likely N-dealkylation sites (tertiary alicyclic amines) is 1. The summed E-state index contributed by atoms with van der Waals surface area (Å²) >= 11 is 0. The topological polar surface area (TPSA) is 48.8 Å². The smallest absolute Gasteiger partial charge is 0.165 e. The van der Waals surface area contributed by atoms with Gasteiger partial charge in [0.15, 0.2) is 11.6 Å². The molecule has 0 saturated carbocycles. The van der Waals surface area contributed by atoms with Gasteiger partial charge >= 0.3 is 0 Å². The third kappa shape index (κ3) is 6.86. The lowest BCUT2D eigenvalue weighted by molar-refractivity contribution is -0.0548. The van der Waals surface area contributed by atoms with Crippen LogP contribution < -0.4 is 9.47 Å². The first kappa shape index (κ1) is 26.2. The molecule has 6 nitrogen and oxygen atoms in total. The van der Waals surface area contributed by atoms with Crippen LogP contribution in [0.25, 0.3) is 0 Å². The highest BCUT2D eigenvalue weighted by Crippen LogP contribution is 2.29. The van der Waals surface area contributed by atoms with Crippen LogP contribution in [0.15, 0.2) is 60.9 Å². The summed E-state index contributed by atoms with van der Waals surface area (Å²) in [5, 5.41) is 0. The maximum atomic E-state index is 14.0. The van der Waals surface area contributed by atoms with Crippen LogP contribution in [0.4, 0.5) is 4.39 Å². The molecule has 0 spiro atoms. The van der Waals surface area contributed by atoms with Gasteiger partial charge in [0, 0.05) is 38.5 Å². The molecule has 0 unspecified atom stereocenters. The second-order valence-electron chi connectivity index (χ2n) is 9.86. The first-order valence-corrected chi connectivity index (χ1v) is 12.9. The van der Waals surface area contributed by atoms with Gasteiger partial charge in [-0.3, -0.25) is 4.90 Å². The second kappa shape index (κ2) is 12.4. The van der Waals surface area contributed by atoms with Crippen LogP contribution in [0.1, 0.15) is 50.4 Å². The lowest BCUT2D eigenvalue weighted by atomic mass is 9.95. The van der Waals surface area contributed by atoms with Crippen LogP contribution in [-0.4, -0.2) is 53.5 Å². The Bertz CT molecular complexity index is 1090. The lowest BCUT2D eigenvalue weighted by Crippen LogP contribution is -2.39. The molecule has 0 N–H and O–H groups in total. The molecule has 0 bridgehead atoms. The van der Waals surface area contributed by atoms with Crippen molar-refractivity contribution in [3.05, 3.63) is 78.1 Å². The fourth-order valence-electron chi connectivity index (χ4n) is 4.78. The summed E-state index contributed by atoms with van der Waals surface area (Å²) in [6.07, 6.45) is 6.58. The highest BCUT2D eigenvalue weighted by atomic mass is 19.1. The molecule has 1 atom stereocenters. The third-order valence-electron chi connectivity index (χ3n) is 6.95. The van der Waals surface area contributed by atoms with Gasteiger partial charge in [-0.15, -0.1) is 0 Å². The Morgan fingerprint density at radius 1 is 1.03 bits per heavy atom. The van der Waals surface area contributed by atoms with Gasteiger partial charge in [-0.25, -0.2) is 9.37 Å². The monoisotopic (exact) mass is 495 g/mol. The van der Waals surface area contributed by atoms with Crippen molar-refractivity contribution in [2.75, 3.05) is 33.4 Å². The summed E-state index contributed by atoms with van der Waals surface area (Å²) in [6.45, 7) is 8.81. The van der Waals surface area contributed by atoms with Crippen molar-refractivity contribution in [3.63, 3.8) is 0 Å². The molecule has 1 saturated heterocycles. The Balaban J connectivity index is 1.25. The molecular weight excluding hydrogens is 457 g/mol. The normalized spacial score (nSPS) is 18.8. The fraction of sp³-hybridized carbons (Fsp3) is 0.483. The Hall–Kier alpha value is -2.90. The Kier molecular flexibility index (Phi) is 8.99. The molecule has 2 heterocycles. The standard InChI is InChI=1S/C29H38FN3O3/c1-23(2)28-31-15-18-33(28)19-20-35-25-11-9-24(10-12-25)21-32-16-6-13-29(34-3,14-17-32)22-36-27-8-5-4-7-26(27)30/h4-5,7-12,15,18,23H,6,13-14,16-17,19-22H2,1-3H3/t29-/m1/s1. The molecule has 3 aromatic rings. The molecule has 1 aromatic heterocycles. The number of ether oxygens (including phenoxy) is 3. The molecule has 0 radical (unpaired) electrons. The van der Waals surface area contributed by atoms with Crippen molar-refractivity contribution in [2.45, 2.75) is 57.7 Å². The first-order chi connectivity index (χ1) is 17.5. The highest BCUT2D eigenvalue weighted by molar-refractivity contribution is 5.27. The second-order valence-corrected chi connectivity index (χ2v) is 9.86. The maximum absolute atomic E-state index is 14.0. The van der Waals surface area contributed by atoms with Crippen LogP contribution in [-0.2, 0) is 17.8 Å². The van der Waals surface area contributed by atoms with Crippen molar-refractivity contribution >= 4 is 0 Å². The molecule has 4 rings (SSSR count). The number of benzene rings is 2. The van der Waals surface area contributed by atoms with E-state index in [-0.39, 0.29) is 11.6 Å². The van der Waals surface area contributed by atoms with E-state index >= 15 is 0 Å².